The standard InChI is InChI=1S/C29H33FN6O/c1-4-34-14-16-35(17-15-34)25-10-8-24(9-11-25)32-29(37)13-12-26-20(2)31-28-19-27(33-36(28)21(26)3)22-6-5-7-23(30)18-22/h5-11,18-19H,4,12-17H2,1-3H3,(H,32,37). The molecule has 1 saturated heterocycles. The van der Waals surface area contributed by atoms with Gasteiger partial charge in [-0.25, -0.2) is 13.9 Å². The van der Waals surface area contributed by atoms with Gasteiger partial charge >= 0.3 is 0 Å². The lowest BCUT2D eigenvalue weighted by Gasteiger charge is -2.35. The topological polar surface area (TPSA) is 65.8 Å². The summed E-state index contributed by atoms with van der Waals surface area (Å²) in [5, 5.41) is 7.68. The van der Waals surface area contributed by atoms with E-state index in [2.05, 4.69) is 39.3 Å². The van der Waals surface area contributed by atoms with Crippen molar-refractivity contribution in [2.24, 2.45) is 0 Å². The van der Waals surface area contributed by atoms with Crippen LogP contribution in [0, 0.1) is 19.7 Å². The molecule has 3 heterocycles. The number of nitrogens with one attached hydrogen (secondary N) is 1. The van der Waals surface area contributed by atoms with Gasteiger partial charge in [0.05, 0.1) is 5.69 Å². The molecule has 0 spiro atoms. The highest BCUT2D eigenvalue weighted by atomic mass is 19.1. The molecular formula is C29H33FN6O. The molecule has 0 unspecified atom stereocenters. The molecule has 1 fully saturated rings. The summed E-state index contributed by atoms with van der Waals surface area (Å²) in [7, 11) is 0. The molecule has 4 aromatic rings. The van der Waals surface area contributed by atoms with Crippen molar-refractivity contribution in [3.05, 3.63) is 77.4 Å². The number of aromatic nitrogens is 3. The highest BCUT2D eigenvalue weighted by molar-refractivity contribution is 5.91. The highest BCUT2D eigenvalue weighted by Crippen LogP contribution is 2.24. The van der Waals surface area contributed by atoms with Crippen molar-refractivity contribution in [2.75, 3.05) is 42.9 Å². The Kier molecular flexibility index (Phi) is 7.19. The minimum Gasteiger partial charge on any atom is -0.369 e. The van der Waals surface area contributed by atoms with Gasteiger partial charge in [0.15, 0.2) is 5.65 Å². The number of nitrogens with zero attached hydrogens (tertiary/aromatic N) is 5. The predicted octanol–water partition coefficient (Wildman–Crippen LogP) is 4.87. The monoisotopic (exact) mass is 500 g/mol. The van der Waals surface area contributed by atoms with Crippen LogP contribution < -0.4 is 10.2 Å². The molecule has 1 aliphatic rings. The van der Waals surface area contributed by atoms with Gasteiger partial charge < -0.3 is 15.1 Å². The van der Waals surface area contributed by atoms with E-state index < -0.39 is 0 Å². The van der Waals surface area contributed by atoms with Gasteiger partial charge in [0.2, 0.25) is 5.91 Å². The van der Waals surface area contributed by atoms with Gasteiger partial charge in [-0.1, -0.05) is 19.1 Å². The van der Waals surface area contributed by atoms with Crippen molar-refractivity contribution in [3.63, 3.8) is 0 Å². The van der Waals surface area contributed by atoms with Crippen LogP contribution in [0.3, 0.4) is 0 Å². The third-order valence-corrected chi connectivity index (χ3v) is 7.22. The molecule has 192 valence electrons. The first kappa shape index (κ1) is 24.9. The third-order valence-electron chi connectivity index (χ3n) is 7.22. The second kappa shape index (κ2) is 10.7. The minimum absolute atomic E-state index is 0.0378. The zero-order chi connectivity index (χ0) is 25.9. The smallest absolute Gasteiger partial charge is 0.224 e. The summed E-state index contributed by atoms with van der Waals surface area (Å²) in [6, 6.07) is 16.4. The Morgan fingerprint density at radius 1 is 1.03 bits per heavy atom. The molecule has 0 saturated carbocycles. The van der Waals surface area contributed by atoms with Crippen molar-refractivity contribution in [1.82, 2.24) is 19.5 Å². The molecule has 1 N–H and O–H groups in total. The number of piperazine rings is 1. The normalized spacial score (nSPS) is 14.3. The number of rotatable bonds is 7. The van der Waals surface area contributed by atoms with E-state index in [0.717, 1.165) is 55.4 Å². The van der Waals surface area contributed by atoms with Gasteiger partial charge in [0, 0.05) is 67.0 Å². The summed E-state index contributed by atoms with van der Waals surface area (Å²) < 4.78 is 15.5. The van der Waals surface area contributed by atoms with Gasteiger partial charge in [-0.05, 0) is 68.8 Å². The molecule has 1 amide bonds. The molecule has 2 aromatic heterocycles. The van der Waals surface area contributed by atoms with Crippen LogP contribution in [0.25, 0.3) is 16.9 Å². The Hall–Kier alpha value is -3.78. The summed E-state index contributed by atoms with van der Waals surface area (Å²) in [6.45, 7) is 11.4. The van der Waals surface area contributed by atoms with Crippen LogP contribution in [0.1, 0.15) is 30.3 Å². The molecule has 2 aromatic carbocycles. The lowest BCUT2D eigenvalue weighted by Crippen LogP contribution is -2.46. The molecule has 0 aliphatic carbocycles. The second-order valence-corrected chi connectivity index (χ2v) is 9.59. The highest BCUT2D eigenvalue weighted by Gasteiger charge is 2.17. The molecule has 1 aliphatic heterocycles. The number of halogens is 1. The van der Waals surface area contributed by atoms with E-state index >= 15 is 0 Å². The summed E-state index contributed by atoms with van der Waals surface area (Å²) >= 11 is 0. The summed E-state index contributed by atoms with van der Waals surface area (Å²) in [4.78, 5) is 22.3. The molecule has 5 rings (SSSR count). The third kappa shape index (κ3) is 5.49. The van der Waals surface area contributed by atoms with Gasteiger partial charge in [-0.2, -0.15) is 5.10 Å². The lowest BCUT2D eigenvalue weighted by molar-refractivity contribution is -0.116. The maximum Gasteiger partial charge on any atom is 0.224 e. The van der Waals surface area contributed by atoms with E-state index in [1.165, 1.54) is 17.8 Å². The van der Waals surface area contributed by atoms with Crippen molar-refractivity contribution in [3.8, 4) is 11.3 Å². The van der Waals surface area contributed by atoms with E-state index in [4.69, 9.17) is 4.98 Å². The molecule has 7 nitrogen and oxygen atoms in total. The molecule has 0 bridgehead atoms. The number of likely N-dealkylation sites (N-methyl/N-ethyl adjacent to an activating group) is 1. The van der Waals surface area contributed by atoms with E-state index in [0.29, 0.717) is 29.7 Å². The fourth-order valence-corrected chi connectivity index (χ4v) is 5.02. The number of carbonyl (C=O) groups is 1. The van der Waals surface area contributed by atoms with E-state index in [9.17, 15) is 9.18 Å². The number of hydrogen-bond acceptors (Lipinski definition) is 5. The molecule has 0 radical (unpaired) electrons. The van der Waals surface area contributed by atoms with E-state index in [1.807, 2.05) is 38.1 Å². The fraction of sp³-hybridized carbons (Fsp3) is 0.345. The minimum atomic E-state index is -0.299. The summed E-state index contributed by atoms with van der Waals surface area (Å²) in [5.41, 5.74) is 6.88. The largest absolute Gasteiger partial charge is 0.369 e. The average molecular weight is 501 g/mol. The Morgan fingerprint density at radius 3 is 2.49 bits per heavy atom. The van der Waals surface area contributed by atoms with Crippen molar-refractivity contribution in [2.45, 2.75) is 33.6 Å². The maximum atomic E-state index is 13.7. The predicted molar refractivity (Wildman–Crippen MR) is 146 cm³/mol. The van der Waals surface area contributed by atoms with Crippen LogP contribution in [0.5, 0.6) is 0 Å². The molecular weight excluding hydrogens is 467 g/mol. The number of anilines is 2. The number of benzene rings is 2. The maximum absolute atomic E-state index is 13.7. The van der Waals surface area contributed by atoms with Gasteiger partial charge in [0.25, 0.3) is 0 Å². The van der Waals surface area contributed by atoms with E-state index in [-0.39, 0.29) is 11.7 Å². The van der Waals surface area contributed by atoms with Crippen LogP contribution in [0.2, 0.25) is 0 Å². The van der Waals surface area contributed by atoms with Gasteiger partial charge in [-0.3, -0.25) is 4.79 Å². The number of hydrogen-bond donors (Lipinski definition) is 1. The number of amides is 1. The molecule has 37 heavy (non-hydrogen) atoms. The number of carbonyl (C=O) groups excluding carboxylic acids is 1. The first-order valence-corrected chi connectivity index (χ1v) is 12.9. The van der Waals surface area contributed by atoms with E-state index in [1.54, 1.807) is 10.6 Å². The summed E-state index contributed by atoms with van der Waals surface area (Å²) in [5.74, 6) is -0.337. The average Bonchev–Trinajstić information content (AvgIpc) is 3.33. The Balaban J connectivity index is 1.23. The summed E-state index contributed by atoms with van der Waals surface area (Å²) in [6.07, 6.45) is 0.898. The Bertz CT molecular complexity index is 1410. The van der Waals surface area contributed by atoms with Gasteiger partial charge in [-0.15, -0.1) is 0 Å². The Labute approximate surface area is 216 Å². The van der Waals surface area contributed by atoms with Crippen molar-refractivity contribution >= 4 is 22.9 Å². The zero-order valence-electron chi connectivity index (χ0n) is 21.7. The van der Waals surface area contributed by atoms with Crippen molar-refractivity contribution in [1.29, 1.82) is 0 Å². The second-order valence-electron chi connectivity index (χ2n) is 9.59. The van der Waals surface area contributed by atoms with Crippen LogP contribution in [0.4, 0.5) is 15.8 Å². The van der Waals surface area contributed by atoms with Crippen molar-refractivity contribution < 1.29 is 9.18 Å². The zero-order valence-corrected chi connectivity index (χ0v) is 21.7. The first-order valence-electron chi connectivity index (χ1n) is 12.9. The Morgan fingerprint density at radius 2 is 1.78 bits per heavy atom. The number of fused-ring (bicyclic) bond motifs is 1. The molecule has 8 heteroatoms. The number of aryl methyl sites for hydroxylation is 2. The van der Waals surface area contributed by atoms with Crippen LogP contribution in [0.15, 0.2) is 54.6 Å². The quantitative estimate of drug-likeness (QED) is 0.392. The van der Waals surface area contributed by atoms with Crippen LogP contribution in [-0.4, -0.2) is 58.1 Å². The van der Waals surface area contributed by atoms with Crippen LogP contribution >= 0.6 is 0 Å². The first-order chi connectivity index (χ1) is 17.9. The molecule has 0 atom stereocenters. The SMILES string of the molecule is CCN1CCN(c2ccc(NC(=O)CCc3c(C)nc4cc(-c5cccc(F)c5)nn4c3C)cc2)CC1. The lowest BCUT2D eigenvalue weighted by atomic mass is 10.1. The fourth-order valence-electron chi connectivity index (χ4n) is 5.02. The van der Waals surface area contributed by atoms with Gasteiger partial charge in [0.1, 0.15) is 5.82 Å². The van der Waals surface area contributed by atoms with Crippen LogP contribution in [-0.2, 0) is 11.2 Å².